The molecule has 0 aliphatic heterocycles. The number of para-hydroxylation sites is 2. The zero-order chi connectivity index (χ0) is 25.1. The lowest BCUT2D eigenvalue weighted by Crippen LogP contribution is -2.30. The predicted molar refractivity (Wildman–Crippen MR) is 125 cm³/mol. The molecule has 0 aromatic heterocycles. The molecule has 2 aromatic carbocycles. The summed E-state index contributed by atoms with van der Waals surface area (Å²) in [6.45, 7) is 7.45. The molecule has 0 aliphatic rings. The molecule has 0 spiro atoms. The Kier molecular flexibility index (Phi) is 10.8. The van der Waals surface area contributed by atoms with Crippen molar-refractivity contribution in [3.63, 3.8) is 0 Å². The van der Waals surface area contributed by atoms with Gasteiger partial charge in [0.15, 0.2) is 12.2 Å². The van der Waals surface area contributed by atoms with Gasteiger partial charge in [0.1, 0.15) is 23.7 Å². The van der Waals surface area contributed by atoms with Crippen LogP contribution in [0.15, 0.2) is 48.5 Å². The average molecular weight is 475 g/mol. The normalized spacial score (nSPS) is 14.4. The SMILES string of the molecule is CCOC(=O)C(CC)Oc1ccccc1C(O)C(O)c1ccccc1OC(CC)C(=O)OCC. The van der Waals surface area contributed by atoms with Crippen LogP contribution in [-0.2, 0) is 19.1 Å². The molecule has 2 aromatic rings. The van der Waals surface area contributed by atoms with E-state index in [1.165, 1.54) is 0 Å². The first kappa shape index (κ1) is 27.1. The lowest BCUT2D eigenvalue weighted by atomic mass is 9.96. The van der Waals surface area contributed by atoms with Gasteiger partial charge >= 0.3 is 11.9 Å². The van der Waals surface area contributed by atoms with Crippen molar-refractivity contribution in [2.24, 2.45) is 0 Å². The van der Waals surface area contributed by atoms with Crippen molar-refractivity contribution in [2.45, 2.75) is 65.0 Å². The van der Waals surface area contributed by atoms with Gasteiger partial charge in [0.25, 0.3) is 0 Å². The highest BCUT2D eigenvalue weighted by Gasteiger charge is 2.29. The first-order valence-corrected chi connectivity index (χ1v) is 11.6. The second-order valence-corrected chi connectivity index (χ2v) is 7.50. The first-order valence-electron chi connectivity index (χ1n) is 11.6. The fraction of sp³-hybridized carbons (Fsp3) is 0.462. The summed E-state index contributed by atoms with van der Waals surface area (Å²) in [6, 6.07) is 13.2. The zero-order valence-corrected chi connectivity index (χ0v) is 20.1. The highest BCUT2D eigenvalue weighted by Crippen LogP contribution is 2.38. The van der Waals surface area contributed by atoms with Crippen LogP contribution in [0, 0.1) is 0 Å². The molecule has 0 saturated carbocycles. The Morgan fingerprint density at radius 1 is 0.676 bits per heavy atom. The van der Waals surface area contributed by atoms with Crippen LogP contribution >= 0.6 is 0 Å². The van der Waals surface area contributed by atoms with E-state index in [0.29, 0.717) is 24.0 Å². The Hall–Kier alpha value is -3.10. The lowest BCUT2D eigenvalue weighted by Gasteiger charge is -2.25. The summed E-state index contributed by atoms with van der Waals surface area (Å²) in [5.74, 6) is -0.494. The van der Waals surface area contributed by atoms with E-state index in [-0.39, 0.29) is 24.7 Å². The first-order chi connectivity index (χ1) is 16.4. The van der Waals surface area contributed by atoms with Crippen LogP contribution in [0.4, 0.5) is 0 Å². The fourth-order valence-corrected chi connectivity index (χ4v) is 3.38. The monoisotopic (exact) mass is 474 g/mol. The predicted octanol–water partition coefficient (Wildman–Crippen LogP) is 3.89. The van der Waals surface area contributed by atoms with Crippen molar-refractivity contribution < 1.29 is 38.7 Å². The summed E-state index contributed by atoms with van der Waals surface area (Å²) >= 11 is 0. The lowest BCUT2D eigenvalue weighted by molar-refractivity contribution is -0.152. The summed E-state index contributed by atoms with van der Waals surface area (Å²) in [6.07, 6.45) is -3.76. The van der Waals surface area contributed by atoms with Gasteiger partial charge < -0.3 is 29.2 Å². The number of carbonyl (C=O) groups excluding carboxylic acids is 2. The number of hydrogen-bond acceptors (Lipinski definition) is 8. The molecule has 0 radical (unpaired) electrons. The minimum absolute atomic E-state index is 0.225. The average Bonchev–Trinajstić information content (AvgIpc) is 2.85. The van der Waals surface area contributed by atoms with E-state index in [1.807, 2.05) is 0 Å². The van der Waals surface area contributed by atoms with Crippen molar-refractivity contribution in [3.8, 4) is 11.5 Å². The Morgan fingerprint density at radius 2 is 1.03 bits per heavy atom. The zero-order valence-electron chi connectivity index (χ0n) is 20.1. The van der Waals surface area contributed by atoms with Crippen molar-refractivity contribution >= 4 is 11.9 Å². The van der Waals surface area contributed by atoms with E-state index in [0.717, 1.165) is 0 Å². The van der Waals surface area contributed by atoms with Gasteiger partial charge in [0.2, 0.25) is 0 Å². The standard InChI is InChI=1S/C26H34O8/c1-5-19(25(29)31-7-3)33-21-15-11-9-13-17(21)23(27)24(28)18-14-10-12-16-22(18)34-20(6-2)26(30)32-8-4/h9-16,19-20,23-24,27-28H,5-8H2,1-4H3. The molecule has 4 unspecified atom stereocenters. The van der Waals surface area contributed by atoms with Crippen LogP contribution in [0.2, 0.25) is 0 Å². The Morgan fingerprint density at radius 3 is 1.35 bits per heavy atom. The summed E-state index contributed by atoms with van der Waals surface area (Å²) < 4.78 is 21.8. The van der Waals surface area contributed by atoms with Crippen LogP contribution in [0.25, 0.3) is 0 Å². The third-order valence-corrected chi connectivity index (χ3v) is 5.15. The molecule has 0 amide bonds. The third-order valence-electron chi connectivity index (χ3n) is 5.15. The second kappa shape index (κ2) is 13.6. The topological polar surface area (TPSA) is 112 Å². The maximum absolute atomic E-state index is 12.2. The molecular weight excluding hydrogens is 440 g/mol. The van der Waals surface area contributed by atoms with Gasteiger partial charge in [0.05, 0.1) is 13.2 Å². The van der Waals surface area contributed by atoms with Gasteiger partial charge in [-0.05, 0) is 38.8 Å². The summed E-state index contributed by atoms with van der Waals surface area (Å²) in [5.41, 5.74) is 0.593. The molecule has 34 heavy (non-hydrogen) atoms. The van der Waals surface area contributed by atoms with Crippen LogP contribution in [0.3, 0.4) is 0 Å². The number of rotatable bonds is 13. The van der Waals surface area contributed by atoms with E-state index in [2.05, 4.69) is 0 Å². The summed E-state index contributed by atoms with van der Waals surface area (Å²) in [5, 5.41) is 22.1. The number of benzene rings is 2. The smallest absolute Gasteiger partial charge is 0.347 e. The van der Waals surface area contributed by atoms with Crippen molar-refractivity contribution in [1.82, 2.24) is 0 Å². The van der Waals surface area contributed by atoms with Crippen LogP contribution in [-0.4, -0.2) is 47.6 Å². The molecule has 186 valence electrons. The molecule has 0 saturated heterocycles. The summed E-state index contributed by atoms with van der Waals surface area (Å²) in [4.78, 5) is 24.4. The van der Waals surface area contributed by atoms with E-state index in [9.17, 15) is 19.8 Å². The van der Waals surface area contributed by atoms with Crippen LogP contribution in [0.5, 0.6) is 11.5 Å². The molecule has 8 nitrogen and oxygen atoms in total. The minimum Gasteiger partial charge on any atom is -0.478 e. The Labute approximate surface area is 200 Å². The minimum atomic E-state index is -1.40. The number of ether oxygens (including phenoxy) is 4. The molecule has 4 atom stereocenters. The Balaban J connectivity index is 2.31. The van der Waals surface area contributed by atoms with Crippen molar-refractivity contribution in [3.05, 3.63) is 59.7 Å². The second-order valence-electron chi connectivity index (χ2n) is 7.50. The van der Waals surface area contributed by atoms with Gasteiger partial charge in [-0.15, -0.1) is 0 Å². The highest BCUT2D eigenvalue weighted by atomic mass is 16.6. The van der Waals surface area contributed by atoms with E-state index in [1.54, 1.807) is 76.2 Å². The molecule has 0 fully saturated rings. The van der Waals surface area contributed by atoms with Crippen LogP contribution in [0.1, 0.15) is 63.9 Å². The molecular formula is C26H34O8. The number of carbonyl (C=O) groups is 2. The molecule has 2 rings (SSSR count). The number of aliphatic hydroxyl groups is 2. The van der Waals surface area contributed by atoms with E-state index >= 15 is 0 Å². The quantitative estimate of drug-likeness (QED) is 0.421. The van der Waals surface area contributed by atoms with Gasteiger partial charge in [0, 0.05) is 11.1 Å². The highest BCUT2D eigenvalue weighted by molar-refractivity contribution is 5.75. The van der Waals surface area contributed by atoms with Gasteiger partial charge in [-0.3, -0.25) is 0 Å². The Bertz CT molecular complexity index is 853. The van der Waals surface area contributed by atoms with Crippen LogP contribution < -0.4 is 9.47 Å². The van der Waals surface area contributed by atoms with E-state index in [4.69, 9.17) is 18.9 Å². The molecule has 0 bridgehead atoms. The van der Waals surface area contributed by atoms with E-state index < -0.39 is 36.4 Å². The largest absolute Gasteiger partial charge is 0.478 e. The molecule has 8 heteroatoms. The van der Waals surface area contributed by atoms with Gasteiger partial charge in [-0.1, -0.05) is 50.2 Å². The van der Waals surface area contributed by atoms with Crippen molar-refractivity contribution in [2.75, 3.05) is 13.2 Å². The molecule has 0 heterocycles. The maximum atomic E-state index is 12.2. The number of esters is 2. The fourth-order valence-electron chi connectivity index (χ4n) is 3.38. The van der Waals surface area contributed by atoms with Gasteiger partial charge in [-0.2, -0.15) is 0 Å². The maximum Gasteiger partial charge on any atom is 0.347 e. The summed E-state index contributed by atoms with van der Waals surface area (Å²) in [7, 11) is 0. The van der Waals surface area contributed by atoms with Gasteiger partial charge in [-0.25, -0.2) is 9.59 Å². The third kappa shape index (κ3) is 6.95. The number of hydrogen-bond donors (Lipinski definition) is 2. The molecule has 0 aliphatic carbocycles. The van der Waals surface area contributed by atoms with Crippen molar-refractivity contribution in [1.29, 1.82) is 0 Å². The molecule has 2 N–H and O–H groups in total. The number of aliphatic hydroxyl groups excluding tert-OH is 2.